The molecule has 11 heteroatoms. The Morgan fingerprint density at radius 2 is 1.97 bits per heavy atom. The van der Waals surface area contributed by atoms with Crippen molar-refractivity contribution >= 4 is 41.3 Å². The molecule has 1 aromatic carbocycles. The van der Waals surface area contributed by atoms with E-state index in [1.54, 1.807) is 19.6 Å². The number of alkyl halides is 3. The number of guanidine groups is 1. The lowest BCUT2D eigenvalue weighted by Crippen LogP contribution is -2.36. The number of aliphatic imine (C=N–C) groups is 1. The van der Waals surface area contributed by atoms with Gasteiger partial charge in [-0.15, -0.1) is 35.3 Å². The molecule has 0 saturated carbocycles. The molecule has 0 spiro atoms. The molecule has 0 fully saturated rings. The number of thiazole rings is 1. The summed E-state index contributed by atoms with van der Waals surface area (Å²) in [4.78, 5) is 11.7. The molecule has 2 aromatic heterocycles. The molecule has 29 heavy (non-hydrogen) atoms. The molecule has 0 unspecified atom stereocenters. The van der Waals surface area contributed by atoms with Crippen LogP contribution in [0.1, 0.15) is 21.8 Å². The fourth-order valence-electron chi connectivity index (χ4n) is 2.52. The Hall–Kier alpha value is -2.15. The Balaban J connectivity index is 0.00000300. The van der Waals surface area contributed by atoms with Crippen LogP contribution in [-0.4, -0.2) is 27.5 Å². The van der Waals surface area contributed by atoms with Crippen molar-refractivity contribution in [2.24, 2.45) is 4.99 Å². The number of hydrogen-bond acceptors (Lipinski definition) is 4. The number of hydrogen-bond donors (Lipinski definition) is 2. The SMILES string of the molecule is CN=C(NCc1cccc(Cn2ccnc2)c1)NCc1nc(C(F)(F)F)cs1.I. The number of benzene rings is 1. The summed E-state index contributed by atoms with van der Waals surface area (Å²) in [5.41, 5.74) is 1.34. The number of nitrogens with one attached hydrogen (secondary N) is 2. The Kier molecular flexibility index (Phi) is 8.44. The van der Waals surface area contributed by atoms with Gasteiger partial charge in [0.15, 0.2) is 11.7 Å². The van der Waals surface area contributed by atoms with E-state index in [4.69, 9.17) is 0 Å². The third-order valence-corrected chi connectivity index (χ3v) is 4.70. The molecular weight excluding hydrogens is 516 g/mol. The molecule has 2 heterocycles. The number of nitrogens with zero attached hydrogens (tertiary/aromatic N) is 4. The lowest BCUT2D eigenvalue weighted by Gasteiger charge is -2.12. The summed E-state index contributed by atoms with van der Waals surface area (Å²) in [5.74, 6) is 0.490. The molecule has 0 aliphatic carbocycles. The molecule has 6 nitrogen and oxygen atoms in total. The Bertz CT molecular complexity index is 924. The molecular formula is C18H20F3IN6S. The standard InChI is InChI=1S/C18H19F3N6S.HI/c1-22-17(25-9-16-26-15(11-28-16)18(19,20)21)24-8-13-3-2-4-14(7-13)10-27-6-5-23-12-27;/h2-7,11-12H,8-10H2,1H3,(H2,22,24,25);1H. The van der Waals surface area contributed by atoms with E-state index in [9.17, 15) is 13.2 Å². The van der Waals surface area contributed by atoms with Gasteiger partial charge in [0.05, 0.1) is 12.9 Å². The fourth-order valence-corrected chi connectivity index (χ4v) is 3.26. The van der Waals surface area contributed by atoms with E-state index < -0.39 is 11.9 Å². The second kappa shape index (κ2) is 10.6. The van der Waals surface area contributed by atoms with Gasteiger partial charge in [0.2, 0.25) is 0 Å². The monoisotopic (exact) mass is 536 g/mol. The molecule has 0 saturated heterocycles. The van der Waals surface area contributed by atoms with Gasteiger partial charge in [0, 0.05) is 37.9 Å². The summed E-state index contributed by atoms with van der Waals surface area (Å²) in [6.45, 7) is 1.43. The number of aromatic nitrogens is 3. The van der Waals surface area contributed by atoms with Crippen molar-refractivity contribution in [2.75, 3.05) is 7.05 Å². The van der Waals surface area contributed by atoms with Gasteiger partial charge in [-0.1, -0.05) is 24.3 Å². The lowest BCUT2D eigenvalue weighted by atomic mass is 10.1. The van der Waals surface area contributed by atoms with E-state index >= 15 is 0 Å². The van der Waals surface area contributed by atoms with Gasteiger partial charge in [-0.3, -0.25) is 4.99 Å². The van der Waals surface area contributed by atoms with Crippen LogP contribution in [0, 0.1) is 0 Å². The highest BCUT2D eigenvalue weighted by Crippen LogP contribution is 2.29. The number of halogens is 4. The first kappa shape index (κ1) is 23.1. The van der Waals surface area contributed by atoms with Gasteiger partial charge in [0.1, 0.15) is 5.01 Å². The van der Waals surface area contributed by atoms with Crippen molar-refractivity contribution in [3.63, 3.8) is 0 Å². The Morgan fingerprint density at radius 3 is 2.62 bits per heavy atom. The van der Waals surface area contributed by atoms with Crippen LogP contribution in [0.4, 0.5) is 13.2 Å². The van der Waals surface area contributed by atoms with E-state index in [1.807, 2.05) is 29.0 Å². The summed E-state index contributed by atoms with van der Waals surface area (Å²) in [5, 5.41) is 7.49. The van der Waals surface area contributed by atoms with Crippen molar-refractivity contribution in [1.82, 2.24) is 25.2 Å². The fraction of sp³-hybridized carbons (Fsp3) is 0.278. The van der Waals surface area contributed by atoms with Gasteiger partial charge in [0.25, 0.3) is 0 Å². The normalized spacial score (nSPS) is 11.8. The van der Waals surface area contributed by atoms with Crippen LogP contribution in [0.5, 0.6) is 0 Å². The third-order valence-electron chi connectivity index (χ3n) is 3.85. The largest absolute Gasteiger partial charge is 0.434 e. The van der Waals surface area contributed by atoms with Gasteiger partial charge >= 0.3 is 6.18 Å². The smallest absolute Gasteiger partial charge is 0.352 e. The molecule has 0 aliphatic rings. The van der Waals surface area contributed by atoms with E-state index in [0.717, 1.165) is 34.4 Å². The van der Waals surface area contributed by atoms with Gasteiger partial charge in [-0.25, -0.2) is 9.97 Å². The molecule has 2 N–H and O–H groups in total. The maximum atomic E-state index is 12.6. The lowest BCUT2D eigenvalue weighted by molar-refractivity contribution is -0.140. The molecule has 0 aliphatic heterocycles. The van der Waals surface area contributed by atoms with Crippen molar-refractivity contribution < 1.29 is 13.2 Å². The number of rotatable bonds is 6. The highest BCUT2D eigenvalue weighted by molar-refractivity contribution is 14.0. The van der Waals surface area contributed by atoms with Crippen LogP contribution in [0.25, 0.3) is 0 Å². The zero-order chi connectivity index (χ0) is 20.0. The maximum absolute atomic E-state index is 12.6. The minimum atomic E-state index is -4.42. The third kappa shape index (κ3) is 6.99. The summed E-state index contributed by atoms with van der Waals surface area (Å²) < 4.78 is 39.8. The van der Waals surface area contributed by atoms with Crippen molar-refractivity contribution in [2.45, 2.75) is 25.8 Å². The van der Waals surface area contributed by atoms with Crippen LogP contribution < -0.4 is 10.6 Å². The molecule has 0 bridgehead atoms. The van der Waals surface area contributed by atoms with E-state index in [2.05, 4.69) is 31.7 Å². The quantitative estimate of drug-likeness (QED) is 0.285. The number of imidazole rings is 1. The predicted molar refractivity (Wildman–Crippen MR) is 117 cm³/mol. The van der Waals surface area contributed by atoms with Crippen LogP contribution in [-0.2, 0) is 25.8 Å². The van der Waals surface area contributed by atoms with E-state index in [1.165, 1.54) is 0 Å². The molecule has 3 rings (SSSR count). The van der Waals surface area contributed by atoms with Crippen LogP contribution in [0.2, 0.25) is 0 Å². The summed E-state index contributed by atoms with van der Waals surface area (Å²) in [6.07, 6.45) is 0.983. The second-order valence-corrected chi connectivity index (χ2v) is 6.90. The van der Waals surface area contributed by atoms with E-state index in [0.29, 0.717) is 17.5 Å². The topological polar surface area (TPSA) is 67.1 Å². The minimum Gasteiger partial charge on any atom is -0.352 e. The van der Waals surface area contributed by atoms with Gasteiger partial charge < -0.3 is 15.2 Å². The zero-order valence-electron chi connectivity index (χ0n) is 15.5. The van der Waals surface area contributed by atoms with E-state index in [-0.39, 0.29) is 30.5 Å². The van der Waals surface area contributed by atoms with Gasteiger partial charge in [-0.2, -0.15) is 13.2 Å². The molecule has 0 atom stereocenters. The van der Waals surface area contributed by atoms with Crippen LogP contribution in [0.15, 0.2) is 53.4 Å². The van der Waals surface area contributed by atoms with Crippen LogP contribution >= 0.6 is 35.3 Å². The Morgan fingerprint density at radius 1 is 1.21 bits per heavy atom. The summed E-state index contributed by atoms with van der Waals surface area (Å²) in [7, 11) is 1.60. The Labute approximate surface area is 187 Å². The van der Waals surface area contributed by atoms with Crippen molar-refractivity contribution in [3.8, 4) is 0 Å². The summed E-state index contributed by atoms with van der Waals surface area (Å²) in [6, 6.07) is 8.09. The highest BCUT2D eigenvalue weighted by atomic mass is 127. The summed E-state index contributed by atoms with van der Waals surface area (Å²) >= 11 is 0.963. The first-order valence-electron chi connectivity index (χ1n) is 8.43. The van der Waals surface area contributed by atoms with Crippen LogP contribution in [0.3, 0.4) is 0 Å². The van der Waals surface area contributed by atoms with Crippen molar-refractivity contribution in [1.29, 1.82) is 0 Å². The average molecular weight is 536 g/mol. The molecule has 0 amide bonds. The maximum Gasteiger partial charge on any atom is 0.434 e. The molecule has 3 aromatic rings. The highest BCUT2D eigenvalue weighted by Gasteiger charge is 2.33. The second-order valence-electron chi connectivity index (χ2n) is 5.96. The zero-order valence-corrected chi connectivity index (χ0v) is 18.6. The first-order chi connectivity index (χ1) is 13.4. The van der Waals surface area contributed by atoms with Crippen molar-refractivity contribution in [3.05, 3.63) is 70.2 Å². The predicted octanol–water partition coefficient (Wildman–Crippen LogP) is 3.89. The average Bonchev–Trinajstić information content (AvgIpc) is 3.34. The molecule has 0 radical (unpaired) electrons. The first-order valence-corrected chi connectivity index (χ1v) is 9.31. The minimum absolute atomic E-state index is 0. The van der Waals surface area contributed by atoms with Gasteiger partial charge in [-0.05, 0) is 11.1 Å². The molecule has 156 valence electrons.